The van der Waals surface area contributed by atoms with E-state index in [0.29, 0.717) is 41.2 Å². The number of nitrogens with one attached hydrogen (secondary N) is 2. The van der Waals surface area contributed by atoms with E-state index in [1.54, 1.807) is 18.6 Å². The van der Waals surface area contributed by atoms with Gasteiger partial charge in [0.15, 0.2) is 0 Å². The van der Waals surface area contributed by atoms with Crippen LogP contribution >= 0.6 is 0 Å². The summed E-state index contributed by atoms with van der Waals surface area (Å²) in [5.41, 5.74) is 5.55. The minimum Gasteiger partial charge on any atom is -0.345 e. The monoisotopic (exact) mass is 520 g/mol. The third kappa shape index (κ3) is 4.79. The molecule has 3 aromatic carbocycles. The van der Waals surface area contributed by atoms with Gasteiger partial charge < -0.3 is 15.2 Å². The number of hydrogen-bond donors (Lipinski definition) is 2. The van der Waals surface area contributed by atoms with E-state index >= 15 is 0 Å². The number of anilines is 1. The molecule has 10 heteroatoms. The molecule has 0 spiro atoms. The van der Waals surface area contributed by atoms with Gasteiger partial charge in [0.25, 0.3) is 5.69 Å². The first kappa shape index (κ1) is 24.2. The number of benzene rings is 3. The molecule has 6 rings (SSSR count). The van der Waals surface area contributed by atoms with E-state index in [-0.39, 0.29) is 17.5 Å². The van der Waals surface area contributed by atoms with E-state index < -0.39 is 10.8 Å². The number of nitrogens with zero attached hydrogens (tertiary/aromatic N) is 4. The molecule has 2 N–H and O–H groups in total. The number of imidazole rings is 1. The molecule has 0 saturated carbocycles. The highest BCUT2D eigenvalue weighted by Gasteiger charge is 2.36. The number of nitro groups is 1. The first-order valence-electron chi connectivity index (χ1n) is 12.6. The minimum absolute atomic E-state index is 0.0934. The summed E-state index contributed by atoms with van der Waals surface area (Å²) in [6, 6.07) is 19.5. The van der Waals surface area contributed by atoms with Gasteiger partial charge in [-0.2, -0.15) is 0 Å². The Balaban J connectivity index is 1.40. The van der Waals surface area contributed by atoms with Crippen molar-refractivity contribution in [2.24, 2.45) is 4.99 Å². The predicted molar refractivity (Wildman–Crippen MR) is 146 cm³/mol. The van der Waals surface area contributed by atoms with Crippen LogP contribution in [0.1, 0.15) is 35.4 Å². The molecular formula is C29H24N6O4. The molecule has 0 bridgehead atoms. The molecule has 1 aromatic heterocycles. The molecule has 10 nitrogen and oxygen atoms in total. The Kier molecular flexibility index (Phi) is 6.20. The predicted octanol–water partition coefficient (Wildman–Crippen LogP) is 4.96. The van der Waals surface area contributed by atoms with Crippen molar-refractivity contribution in [3.05, 3.63) is 106 Å². The van der Waals surface area contributed by atoms with Crippen molar-refractivity contribution < 1.29 is 14.5 Å². The van der Waals surface area contributed by atoms with E-state index in [1.807, 2.05) is 53.4 Å². The Bertz CT molecular complexity index is 1590. The second kappa shape index (κ2) is 9.97. The summed E-state index contributed by atoms with van der Waals surface area (Å²) in [4.78, 5) is 50.2. The molecule has 1 saturated heterocycles. The zero-order valence-corrected chi connectivity index (χ0v) is 20.8. The molecule has 4 aromatic rings. The van der Waals surface area contributed by atoms with Gasteiger partial charge in [-0.3, -0.25) is 24.7 Å². The van der Waals surface area contributed by atoms with Crippen LogP contribution in [-0.2, 0) is 16.1 Å². The van der Waals surface area contributed by atoms with Crippen LogP contribution in [0.3, 0.4) is 0 Å². The van der Waals surface area contributed by atoms with Crippen molar-refractivity contribution in [2.75, 3.05) is 11.9 Å². The van der Waals surface area contributed by atoms with Gasteiger partial charge in [0.05, 0.1) is 34.5 Å². The third-order valence-electron chi connectivity index (χ3n) is 7.07. The second-order valence-corrected chi connectivity index (χ2v) is 9.58. The number of aromatic nitrogens is 2. The molecule has 1 atom stereocenters. The fourth-order valence-electron chi connectivity index (χ4n) is 5.07. The summed E-state index contributed by atoms with van der Waals surface area (Å²) in [5, 5.41) is 14.3. The Labute approximate surface area is 223 Å². The zero-order chi connectivity index (χ0) is 26.9. The van der Waals surface area contributed by atoms with Gasteiger partial charge in [-0.25, -0.2) is 4.98 Å². The normalized spacial score (nSPS) is 16.9. The first-order chi connectivity index (χ1) is 19.0. The number of nitro benzene ring substituents is 1. The lowest BCUT2D eigenvalue weighted by Gasteiger charge is -2.17. The molecule has 39 heavy (non-hydrogen) atoms. The van der Waals surface area contributed by atoms with Crippen LogP contribution in [0.4, 0.5) is 17.1 Å². The van der Waals surface area contributed by atoms with Crippen molar-refractivity contribution in [2.45, 2.75) is 25.3 Å². The van der Waals surface area contributed by atoms with Gasteiger partial charge in [-0.15, -0.1) is 0 Å². The zero-order valence-electron chi connectivity index (χ0n) is 20.8. The Morgan fingerprint density at radius 3 is 2.54 bits per heavy atom. The van der Waals surface area contributed by atoms with E-state index in [2.05, 4.69) is 15.3 Å². The molecule has 1 unspecified atom stereocenters. The molecule has 194 valence electrons. The number of non-ortho nitro benzene ring substituents is 1. The molecule has 2 amide bonds. The highest BCUT2D eigenvalue weighted by Crippen LogP contribution is 2.38. The molecule has 2 aliphatic rings. The van der Waals surface area contributed by atoms with Crippen LogP contribution < -0.4 is 5.32 Å². The van der Waals surface area contributed by atoms with Gasteiger partial charge in [0.2, 0.25) is 11.8 Å². The van der Waals surface area contributed by atoms with Gasteiger partial charge in [0.1, 0.15) is 5.92 Å². The summed E-state index contributed by atoms with van der Waals surface area (Å²) in [6.45, 7) is 1.28. The lowest BCUT2D eigenvalue weighted by Crippen LogP contribution is -2.24. The number of H-pyrrole nitrogens is 1. The number of aromatic amines is 1. The fourth-order valence-corrected chi connectivity index (χ4v) is 5.07. The number of carbonyl (C=O) groups is 2. The van der Waals surface area contributed by atoms with Crippen LogP contribution in [-0.4, -0.2) is 43.9 Å². The summed E-state index contributed by atoms with van der Waals surface area (Å²) in [7, 11) is 0. The molecule has 0 aliphatic carbocycles. The van der Waals surface area contributed by atoms with Crippen LogP contribution in [0.2, 0.25) is 0 Å². The molecular weight excluding hydrogens is 496 g/mol. The number of hydrogen-bond acceptors (Lipinski definition) is 6. The lowest BCUT2D eigenvalue weighted by molar-refractivity contribution is -0.384. The number of fused-ring (bicyclic) bond motifs is 1. The van der Waals surface area contributed by atoms with Crippen LogP contribution in [0.5, 0.6) is 0 Å². The molecule has 3 heterocycles. The number of likely N-dealkylation sites (tertiary alicyclic amines) is 1. The first-order valence-corrected chi connectivity index (χ1v) is 12.6. The maximum Gasteiger partial charge on any atom is 0.269 e. The molecule has 0 radical (unpaired) electrons. The summed E-state index contributed by atoms with van der Waals surface area (Å²) in [5.74, 6) is -0.982. The van der Waals surface area contributed by atoms with Gasteiger partial charge in [0, 0.05) is 42.9 Å². The van der Waals surface area contributed by atoms with Crippen LogP contribution in [0.15, 0.2) is 84.2 Å². The standard InChI is InChI=1S/C29H24N6O4/c36-26-2-1-13-34(26)16-18-3-5-20(6-4-18)28(32-21-9-7-19(8-10-21)25-15-30-17-31-25)27-23-14-22(35(38)39)11-12-24(23)33-29(27)37/h3-12,14-15,17,27H,1-2,13,16H2,(H,30,31)(H,33,37). The van der Waals surface area contributed by atoms with Crippen molar-refractivity contribution in [3.8, 4) is 11.3 Å². The van der Waals surface area contributed by atoms with Crippen LogP contribution in [0.25, 0.3) is 11.3 Å². The van der Waals surface area contributed by atoms with Crippen molar-refractivity contribution >= 4 is 34.6 Å². The highest BCUT2D eigenvalue weighted by molar-refractivity contribution is 6.24. The van der Waals surface area contributed by atoms with Gasteiger partial charge in [-0.1, -0.05) is 36.4 Å². The number of carbonyl (C=O) groups excluding carboxylic acids is 2. The fraction of sp³-hybridized carbons (Fsp3) is 0.172. The molecule has 2 aliphatic heterocycles. The van der Waals surface area contributed by atoms with Crippen LogP contribution in [0, 0.1) is 10.1 Å². The summed E-state index contributed by atoms with van der Waals surface area (Å²) < 4.78 is 0. The van der Waals surface area contributed by atoms with Crippen molar-refractivity contribution in [1.29, 1.82) is 0 Å². The topological polar surface area (TPSA) is 134 Å². The minimum atomic E-state index is -0.835. The Morgan fingerprint density at radius 2 is 1.87 bits per heavy atom. The largest absolute Gasteiger partial charge is 0.345 e. The maximum atomic E-state index is 13.2. The van der Waals surface area contributed by atoms with E-state index in [9.17, 15) is 19.7 Å². The second-order valence-electron chi connectivity index (χ2n) is 9.58. The van der Waals surface area contributed by atoms with E-state index in [1.165, 1.54) is 12.1 Å². The average molecular weight is 521 g/mol. The SMILES string of the molecule is O=C1Nc2ccc([N+](=O)[O-])cc2C1C(=Nc1ccc(-c2cnc[nH]2)cc1)c1ccc(CN2CCCC2=O)cc1. The number of rotatable bonds is 7. The van der Waals surface area contributed by atoms with Gasteiger partial charge in [-0.05, 0) is 41.3 Å². The highest BCUT2D eigenvalue weighted by atomic mass is 16.6. The Hall–Kier alpha value is -5.12. The Morgan fingerprint density at radius 1 is 1.08 bits per heavy atom. The lowest BCUT2D eigenvalue weighted by atomic mass is 9.90. The number of aliphatic imine (C=N–C) groups is 1. The smallest absolute Gasteiger partial charge is 0.269 e. The van der Waals surface area contributed by atoms with Gasteiger partial charge >= 0.3 is 0 Å². The molecule has 1 fully saturated rings. The third-order valence-corrected chi connectivity index (χ3v) is 7.07. The maximum absolute atomic E-state index is 13.2. The van der Waals surface area contributed by atoms with Crippen molar-refractivity contribution in [1.82, 2.24) is 14.9 Å². The quantitative estimate of drug-likeness (QED) is 0.202. The average Bonchev–Trinajstić information content (AvgIpc) is 3.69. The summed E-state index contributed by atoms with van der Waals surface area (Å²) >= 11 is 0. The summed E-state index contributed by atoms with van der Waals surface area (Å²) in [6.07, 6.45) is 4.79. The van der Waals surface area contributed by atoms with E-state index in [4.69, 9.17) is 4.99 Å². The van der Waals surface area contributed by atoms with E-state index in [0.717, 1.165) is 29.8 Å². The van der Waals surface area contributed by atoms with Crippen molar-refractivity contribution in [3.63, 3.8) is 0 Å². The number of amides is 2.